The maximum Gasteiger partial charge on any atom is 0.231 e. The first-order valence-electron chi connectivity index (χ1n) is 8.65. The first-order valence-corrected chi connectivity index (χ1v) is 9.44. The molecule has 1 N–H and O–H groups in total. The maximum absolute atomic E-state index is 13.2. The summed E-state index contributed by atoms with van der Waals surface area (Å²) in [7, 11) is 0. The third kappa shape index (κ3) is 3.19. The van der Waals surface area contributed by atoms with Crippen molar-refractivity contribution in [1.29, 1.82) is 0 Å². The lowest BCUT2D eigenvalue weighted by atomic mass is 9.82. The van der Waals surface area contributed by atoms with Crippen LogP contribution in [-0.2, 0) is 16.2 Å². The molecule has 1 aromatic heterocycles. The number of hydrogen-bond donors (Lipinski definition) is 1. The van der Waals surface area contributed by atoms with E-state index in [0.29, 0.717) is 26.0 Å². The Morgan fingerprint density at radius 3 is 3.08 bits per heavy atom. The second-order valence-electron chi connectivity index (χ2n) is 6.40. The van der Waals surface area contributed by atoms with Gasteiger partial charge in [0.05, 0.1) is 23.6 Å². The van der Waals surface area contributed by atoms with E-state index in [-0.39, 0.29) is 11.8 Å². The van der Waals surface area contributed by atoms with Crippen LogP contribution in [0.3, 0.4) is 0 Å². The number of hydrogen-bond acceptors (Lipinski definition) is 5. The van der Waals surface area contributed by atoms with Gasteiger partial charge in [-0.1, -0.05) is 27.2 Å². The lowest BCUT2D eigenvalue weighted by Crippen LogP contribution is -2.42. The Hall–Kier alpha value is -2.41. The van der Waals surface area contributed by atoms with Crippen molar-refractivity contribution >= 4 is 44.7 Å². The van der Waals surface area contributed by atoms with E-state index in [1.807, 2.05) is 42.2 Å². The fourth-order valence-corrected chi connectivity index (χ4v) is 3.58. The van der Waals surface area contributed by atoms with Gasteiger partial charge in [-0.2, -0.15) is 0 Å². The molecule has 0 spiro atoms. The number of anilines is 3. The van der Waals surface area contributed by atoms with Crippen molar-refractivity contribution in [2.45, 2.75) is 26.3 Å². The van der Waals surface area contributed by atoms with Crippen LogP contribution in [0.15, 0.2) is 46.2 Å². The lowest BCUT2D eigenvalue weighted by molar-refractivity contribution is -0.122. The Bertz CT molecular complexity index is 876. The number of pyridine rings is 1. The van der Waals surface area contributed by atoms with Gasteiger partial charge in [-0.3, -0.25) is 4.79 Å². The van der Waals surface area contributed by atoms with Gasteiger partial charge in [-0.25, -0.2) is 4.98 Å². The molecular weight excluding hydrogens is 396 g/mol. The fourth-order valence-electron chi connectivity index (χ4n) is 3.23. The highest BCUT2D eigenvalue weighted by atomic mass is 79.9. The summed E-state index contributed by atoms with van der Waals surface area (Å²) in [5, 5.41) is 7.41. The Labute approximate surface area is 160 Å². The van der Waals surface area contributed by atoms with Gasteiger partial charge in [-0.05, 0) is 31.2 Å². The fraction of sp³-hybridized carbons (Fsp3) is 0.316. The molecule has 1 aromatic carbocycles. The molecule has 0 atom stereocenters. The molecule has 0 radical (unpaired) electrons. The van der Waals surface area contributed by atoms with E-state index < -0.39 is 0 Å². The van der Waals surface area contributed by atoms with Gasteiger partial charge in [0, 0.05) is 35.0 Å². The summed E-state index contributed by atoms with van der Waals surface area (Å²) in [6.07, 6.45) is 3.07. The molecule has 4 rings (SSSR count). The van der Waals surface area contributed by atoms with Gasteiger partial charge in [0.2, 0.25) is 5.91 Å². The van der Waals surface area contributed by atoms with Crippen molar-refractivity contribution in [3.05, 3.63) is 46.6 Å². The smallest absolute Gasteiger partial charge is 0.231 e. The number of carbonyl (C=O) groups excluding carboxylic acids is 1. The van der Waals surface area contributed by atoms with Crippen molar-refractivity contribution < 1.29 is 9.63 Å². The number of nitrogens with one attached hydrogen (secondary N) is 1. The number of amides is 1. The van der Waals surface area contributed by atoms with Crippen LogP contribution < -0.4 is 10.2 Å². The van der Waals surface area contributed by atoms with Crippen LogP contribution in [0.1, 0.15) is 25.3 Å². The SMILES string of the molecule is CCON=C1CC(C(=O)N2Cc3cccnc3Nc3ccc(Br)cc32)C1. The molecule has 6 nitrogen and oxygen atoms in total. The average molecular weight is 415 g/mol. The minimum Gasteiger partial charge on any atom is -0.396 e. The lowest BCUT2D eigenvalue weighted by Gasteiger charge is -2.32. The van der Waals surface area contributed by atoms with Crippen molar-refractivity contribution in [3.8, 4) is 0 Å². The minimum absolute atomic E-state index is 0.0562. The van der Waals surface area contributed by atoms with E-state index in [1.54, 1.807) is 6.20 Å². The number of rotatable bonds is 3. The second kappa shape index (κ2) is 7.07. The van der Waals surface area contributed by atoms with Crippen LogP contribution in [0, 0.1) is 5.92 Å². The Balaban J connectivity index is 1.64. The molecule has 0 unspecified atom stereocenters. The second-order valence-corrected chi connectivity index (χ2v) is 7.32. The molecular formula is C19H19BrN4O2. The van der Waals surface area contributed by atoms with E-state index >= 15 is 0 Å². The maximum atomic E-state index is 13.2. The van der Waals surface area contributed by atoms with Gasteiger partial charge < -0.3 is 15.1 Å². The normalized spacial score (nSPS) is 18.0. The van der Waals surface area contributed by atoms with Crippen LogP contribution in [-0.4, -0.2) is 23.2 Å². The molecule has 2 heterocycles. The number of carbonyl (C=O) groups is 1. The Morgan fingerprint density at radius 2 is 2.27 bits per heavy atom. The predicted molar refractivity (Wildman–Crippen MR) is 105 cm³/mol. The largest absolute Gasteiger partial charge is 0.396 e. The van der Waals surface area contributed by atoms with Crippen LogP contribution >= 0.6 is 15.9 Å². The van der Waals surface area contributed by atoms with Crippen molar-refractivity contribution in [1.82, 2.24) is 4.98 Å². The number of nitrogens with zero attached hydrogens (tertiary/aromatic N) is 3. The van der Waals surface area contributed by atoms with Crippen LogP contribution in [0.5, 0.6) is 0 Å². The summed E-state index contributed by atoms with van der Waals surface area (Å²) in [6, 6.07) is 9.79. The van der Waals surface area contributed by atoms with E-state index in [4.69, 9.17) is 4.84 Å². The highest BCUT2D eigenvalue weighted by molar-refractivity contribution is 9.10. The zero-order valence-electron chi connectivity index (χ0n) is 14.4. The number of halogens is 1. The molecule has 0 saturated heterocycles. The van der Waals surface area contributed by atoms with E-state index in [1.165, 1.54) is 0 Å². The number of oxime groups is 1. The molecule has 7 heteroatoms. The standard InChI is InChI=1S/C19H19BrN4O2/c1-2-26-23-15-8-13(9-15)19(25)24-11-12-4-3-7-21-18(12)22-16-6-5-14(20)10-17(16)24/h3-7,10,13H,2,8-9,11H2,1H3,(H,21,22). The minimum atomic E-state index is -0.0562. The number of benzene rings is 1. The zero-order valence-corrected chi connectivity index (χ0v) is 16.0. The van der Waals surface area contributed by atoms with Gasteiger partial charge in [0.15, 0.2) is 0 Å². The highest BCUT2D eigenvalue weighted by Crippen LogP contribution is 2.39. The van der Waals surface area contributed by atoms with Crippen molar-refractivity contribution in [2.75, 3.05) is 16.8 Å². The molecule has 1 aliphatic heterocycles. The van der Waals surface area contributed by atoms with Crippen LogP contribution in [0.25, 0.3) is 0 Å². The topological polar surface area (TPSA) is 66.8 Å². The average Bonchev–Trinajstić information content (AvgIpc) is 2.76. The number of aromatic nitrogens is 1. The molecule has 1 amide bonds. The Kier molecular flexibility index (Phi) is 4.63. The third-order valence-corrected chi connectivity index (χ3v) is 5.12. The predicted octanol–water partition coefficient (Wildman–Crippen LogP) is 4.24. The van der Waals surface area contributed by atoms with Gasteiger partial charge in [-0.15, -0.1) is 0 Å². The van der Waals surface area contributed by atoms with Crippen LogP contribution in [0.2, 0.25) is 0 Å². The Morgan fingerprint density at radius 1 is 1.42 bits per heavy atom. The molecule has 134 valence electrons. The highest BCUT2D eigenvalue weighted by Gasteiger charge is 2.37. The molecule has 26 heavy (non-hydrogen) atoms. The van der Waals surface area contributed by atoms with Crippen molar-refractivity contribution in [3.63, 3.8) is 0 Å². The summed E-state index contributed by atoms with van der Waals surface area (Å²) in [6.45, 7) is 2.94. The van der Waals surface area contributed by atoms with E-state index in [9.17, 15) is 4.79 Å². The van der Waals surface area contributed by atoms with E-state index in [0.717, 1.165) is 32.9 Å². The summed E-state index contributed by atoms with van der Waals surface area (Å²) in [4.78, 5) is 24.6. The van der Waals surface area contributed by atoms with Crippen LogP contribution in [0.4, 0.5) is 17.2 Å². The summed E-state index contributed by atoms with van der Waals surface area (Å²) < 4.78 is 0.932. The van der Waals surface area contributed by atoms with Gasteiger partial charge >= 0.3 is 0 Å². The molecule has 1 aliphatic carbocycles. The number of fused-ring (bicyclic) bond motifs is 2. The third-order valence-electron chi connectivity index (χ3n) is 4.63. The first-order chi connectivity index (χ1) is 12.7. The quantitative estimate of drug-likeness (QED) is 0.762. The summed E-state index contributed by atoms with van der Waals surface area (Å²) in [5.74, 6) is 0.844. The summed E-state index contributed by atoms with van der Waals surface area (Å²) in [5.41, 5.74) is 3.68. The first kappa shape index (κ1) is 17.0. The van der Waals surface area contributed by atoms with E-state index in [2.05, 4.69) is 31.4 Å². The molecule has 2 aliphatic rings. The van der Waals surface area contributed by atoms with Crippen molar-refractivity contribution in [2.24, 2.45) is 11.1 Å². The molecule has 1 fully saturated rings. The monoisotopic (exact) mass is 414 g/mol. The molecule has 1 saturated carbocycles. The van der Waals surface area contributed by atoms with Gasteiger partial charge in [0.25, 0.3) is 0 Å². The summed E-state index contributed by atoms with van der Waals surface area (Å²) >= 11 is 3.52. The zero-order chi connectivity index (χ0) is 18.1. The molecule has 2 aromatic rings. The molecule has 0 bridgehead atoms. The van der Waals surface area contributed by atoms with Gasteiger partial charge in [0.1, 0.15) is 12.4 Å².